The highest BCUT2D eigenvalue weighted by molar-refractivity contribution is 7.12. The molecule has 3 amide bonds. The smallest absolute Gasteiger partial charge is 0.261 e. The van der Waals surface area contributed by atoms with E-state index in [2.05, 4.69) is 15.6 Å². The second-order valence-electron chi connectivity index (χ2n) is 8.94. The summed E-state index contributed by atoms with van der Waals surface area (Å²) in [6, 6.07) is 12.0. The number of hydrogen-bond donors (Lipinski definition) is 2. The van der Waals surface area contributed by atoms with Crippen molar-refractivity contribution < 1.29 is 14.4 Å². The Morgan fingerprint density at radius 2 is 1.74 bits per heavy atom. The van der Waals surface area contributed by atoms with Crippen LogP contribution in [0.25, 0.3) is 0 Å². The molecule has 0 aliphatic heterocycles. The van der Waals surface area contributed by atoms with Crippen LogP contribution in [0.3, 0.4) is 0 Å². The Bertz CT molecular complexity index is 1150. The summed E-state index contributed by atoms with van der Waals surface area (Å²) < 4.78 is 0. The Hall–Kier alpha value is -3.52. The molecule has 1 aromatic carbocycles. The third-order valence-electron chi connectivity index (χ3n) is 6.13. The van der Waals surface area contributed by atoms with Crippen LogP contribution in [0.15, 0.2) is 60.2 Å². The maximum atomic E-state index is 13.7. The molecule has 2 aromatic heterocycles. The normalized spacial score (nSPS) is 14.3. The Morgan fingerprint density at radius 1 is 1.06 bits per heavy atom. The number of carbonyl (C=O) groups excluding carboxylic acids is 3. The highest BCUT2D eigenvalue weighted by atomic mass is 32.1. The lowest BCUT2D eigenvalue weighted by atomic mass is 10.0. The second kappa shape index (κ2) is 11.3. The monoisotopic (exact) mass is 490 g/mol. The molecule has 0 bridgehead atoms. The fourth-order valence-corrected chi connectivity index (χ4v) is 5.22. The minimum absolute atomic E-state index is 0.0987. The van der Waals surface area contributed by atoms with Crippen LogP contribution in [-0.4, -0.2) is 35.3 Å². The van der Waals surface area contributed by atoms with Crippen molar-refractivity contribution in [1.29, 1.82) is 0 Å². The van der Waals surface area contributed by atoms with Crippen LogP contribution in [0.2, 0.25) is 0 Å². The molecule has 7 nitrogen and oxygen atoms in total. The van der Waals surface area contributed by atoms with Crippen molar-refractivity contribution in [3.8, 4) is 0 Å². The first-order valence-electron chi connectivity index (χ1n) is 11.8. The minimum atomic E-state index is -0.897. The fraction of sp³-hybridized carbons (Fsp3) is 0.333. The molecule has 2 N–H and O–H groups in total. The van der Waals surface area contributed by atoms with Gasteiger partial charge in [0.05, 0.1) is 11.4 Å². The largest absolute Gasteiger partial charge is 0.351 e. The lowest BCUT2D eigenvalue weighted by Crippen LogP contribution is -2.49. The zero-order chi connectivity index (χ0) is 24.8. The molecule has 1 fully saturated rings. The molecule has 3 aromatic rings. The molecular formula is C27H30N4O3S. The number of carbonyl (C=O) groups is 3. The van der Waals surface area contributed by atoms with Crippen molar-refractivity contribution >= 4 is 34.7 Å². The Kier molecular flexibility index (Phi) is 7.92. The van der Waals surface area contributed by atoms with E-state index in [-0.39, 0.29) is 30.3 Å². The SMILES string of the molecule is Cc1cc(C)cc(N(C(=O)CNC(=O)c2cccs2)[C@@H](C(=O)NC2CCCC2)c2ccncc2)c1. The number of anilines is 1. The van der Waals surface area contributed by atoms with Crippen LogP contribution in [0.5, 0.6) is 0 Å². The van der Waals surface area contributed by atoms with Crippen molar-refractivity contribution in [3.63, 3.8) is 0 Å². The molecule has 0 unspecified atom stereocenters. The number of pyridine rings is 1. The Balaban J connectivity index is 1.69. The summed E-state index contributed by atoms with van der Waals surface area (Å²) in [5.74, 6) is -0.923. The number of amides is 3. The zero-order valence-electron chi connectivity index (χ0n) is 20.0. The van der Waals surface area contributed by atoms with Gasteiger partial charge in [0.2, 0.25) is 11.8 Å². The van der Waals surface area contributed by atoms with E-state index < -0.39 is 6.04 Å². The van der Waals surface area contributed by atoms with Crippen LogP contribution in [0.4, 0.5) is 5.69 Å². The first-order chi connectivity index (χ1) is 16.9. The van der Waals surface area contributed by atoms with Crippen LogP contribution in [-0.2, 0) is 9.59 Å². The summed E-state index contributed by atoms with van der Waals surface area (Å²) in [5.41, 5.74) is 3.23. The van der Waals surface area contributed by atoms with Crippen molar-refractivity contribution in [2.45, 2.75) is 51.6 Å². The minimum Gasteiger partial charge on any atom is -0.351 e. The van der Waals surface area contributed by atoms with Gasteiger partial charge in [0.25, 0.3) is 5.91 Å². The van der Waals surface area contributed by atoms with E-state index in [1.54, 1.807) is 36.7 Å². The lowest BCUT2D eigenvalue weighted by Gasteiger charge is -2.33. The molecule has 1 atom stereocenters. The average molecular weight is 491 g/mol. The molecule has 2 heterocycles. The summed E-state index contributed by atoms with van der Waals surface area (Å²) in [4.78, 5) is 46.1. The molecule has 0 saturated heterocycles. The molecule has 1 saturated carbocycles. The number of aromatic nitrogens is 1. The molecule has 8 heteroatoms. The maximum Gasteiger partial charge on any atom is 0.261 e. The quantitative estimate of drug-likeness (QED) is 0.492. The third kappa shape index (κ3) is 6.14. The highest BCUT2D eigenvalue weighted by Gasteiger charge is 2.34. The predicted molar refractivity (Wildman–Crippen MR) is 137 cm³/mol. The highest BCUT2D eigenvalue weighted by Crippen LogP contribution is 2.30. The Morgan fingerprint density at radius 3 is 2.37 bits per heavy atom. The van der Waals surface area contributed by atoms with Crippen LogP contribution in [0, 0.1) is 13.8 Å². The van der Waals surface area contributed by atoms with Gasteiger partial charge in [0.15, 0.2) is 0 Å². The van der Waals surface area contributed by atoms with Gasteiger partial charge in [-0.25, -0.2) is 0 Å². The fourth-order valence-electron chi connectivity index (χ4n) is 4.58. The van der Waals surface area contributed by atoms with E-state index in [0.717, 1.165) is 36.8 Å². The van der Waals surface area contributed by atoms with E-state index in [1.807, 2.05) is 37.4 Å². The number of benzene rings is 1. The first kappa shape index (κ1) is 24.6. The third-order valence-corrected chi connectivity index (χ3v) is 7.00. The molecule has 1 aliphatic rings. The summed E-state index contributed by atoms with van der Waals surface area (Å²) in [6.07, 6.45) is 7.27. The zero-order valence-corrected chi connectivity index (χ0v) is 20.8. The molecule has 4 rings (SSSR count). The first-order valence-corrected chi connectivity index (χ1v) is 12.7. The summed E-state index contributed by atoms with van der Waals surface area (Å²) in [6.45, 7) is 3.68. The molecule has 35 heavy (non-hydrogen) atoms. The number of nitrogens with zero attached hydrogens (tertiary/aromatic N) is 2. The van der Waals surface area contributed by atoms with Crippen molar-refractivity contribution in [3.05, 3.63) is 81.8 Å². The van der Waals surface area contributed by atoms with Gasteiger partial charge in [-0.1, -0.05) is 25.0 Å². The predicted octanol–water partition coefficient (Wildman–Crippen LogP) is 4.32. The lowest BCUT2D eigenvalue weighted by molar-refractivity contribution is -0.126. The van der Waals surface area contributed by atoms with Crippen molar-refractivity contribution in [2.24, 2.45) is 0 Å². The van der Waals surface area contributed by atoms with Crippen LogP contribution >= 0.6 is 11.3 Å². The standard InChI is InChI=1S/C27H30N4O3S/c1-18-14-19(2)16-22(15-18)31(24(32)17-29-26(33)23-8-5-13-35-23)25(20-9-11-28-12-10-20)27(34)30-21-6-3-4-7-21/h5,8-16,21,25H,3-4,6-7,17H2,1-2H3,(H,29,33)(H,30,34)/t25-/m1/s1. The maximum absolute atomic E-state index is 13.7. The number of hydrogen-bond acceptors (Lipinski definition) is 5. The summed E-state index contributed by atoms with van der Waals surface area (Å²) >= 11 is 1.31. The molecule has 1 aliphatic carbocycles. The molecular weight excluding hydrogens is 460 g/mol. The van der Waals surface area contributed by atoms with E-state index in [0.29, 0.717) is 16.1 Å². The number of nitrogens with one attached hydrogen (secondary N) is 2. The van der Waals surface area contributed by atoms with E-state index in [9.17, 15) is 14.4 Å². The topological polar surface area (TPSA) is 91.4 Å². The molecule has 182 valence electrons. The van der Waals surface area contributed by atoms with Gasteiger partial charge in [-0.05, 0) is 79.1 Å². The van der Waals surface area contributed by atoms with Crippen LogP contribution in [0.1, 0.15) is 58.1 Å². The second-order valence-corrected chi connectivity index (χ2v) is 9.89. The van der Waals surface area contributed by atoms with E-state index >= 15 is 0 Å². The van der Waals surface area contributed by atoms with E-state index in [1.165, 1.54) is 16.2 Å². The van der Waals surface area contributed by atoms with Crippen molar-refractivity contribution in [2.75, 3.05) is 11.4 Å². The van der Waals surface area contributed by atoms with Gasteiger partial charge in [0.1, 0.15) is 6.04 Å². The van der Waals surface area contributed by atoms with Crippen molar-refractivity contribution in [1.82, 2.24) is 15.6 Å². The molecule has 0 radical (unpaired) electrons. The van der Waals surface area contributed by atoms with E-state index in [4.69, 9.17) is 0 Å². The van der Waals surface area contributed by atoms with Gasteiger partial charge in [0, 0.05) is 24.1 Å². The van der Waals surface area contributed by atoms with Gasteiger partial charge in [-0.3, -0.25) is 24.3 Å². The van der Waals surface area contributed by atoms with Gasteiger partial charge in [-0.15, -0.1) is 11.3 Å². The van der Waals surface area contributed by atoms with Gasteiger partial charge >= 0.3 is 0 Å². The van der Waals surface area contributed by atoms with Gasteiger partial charge in [-0.2, -0.15) is 0 Å². The number of aryl methyl sites for hydroxylation is 2. The average Bonchev–Trinajstić information content (AvgIpc) is 3.55. The van der Waals surface area contributed by atoms with Gasteiger partial charge < -0.3 is 10.6 Å². The van der Waals surface area contributed by atoms with Crippen LogP contribution < -0.4 is 15.5 Å². The summed E-state index contributed by atoms with van der Waals surface area (Å²) in [7, 11) is 0. The Labute approximate surface area is 209 Å². The summed E-state index contributed by atoms with van der Waals surface area (Å²) in [5, 5.41) is 7.69. The molecule has 0 spiro atoms. The number of rotatable bonds is 8. The number of thiophene rings is 1.